The third-order valence-corrected chi connectivity index (χ3v) is 3.95. The van der Waals surface area contributed by atoms with Crippen molar-refractivity contribution >= 4 is 29.5 Å². The van der Waals surface area contributed by atoms with Gasteiger partial charge in [-0.2, -0.15) is 0 Å². The monoisotopic (exact) mass is 352 g/mol. The second-order valence-corrected chi connectivity index (χ2v) is 5.91. The molecule has 4 N–H and O–H groups in total. The van der Waals surface area contributed by atoms with Gasteiger partial charge in [0.25, 0.3) is 5.91 Å². The molecule has 1 amide bonds. The molecule has 0 bridgehead atoms. The number of carboxylic acid groups (broad SMARTS) is 1. The van der Waals surface area contributed by atoms with Crippen LogP contribution < -0.4 is 16.0 Å². The van der Waals surface area contributed by atoms with Crippen molar-refractivity contribution in [1.82, 2.24) is 10.3 Å². The van der Waals surface area contributed by atoms with Crippen molar-refractivity contribution in [3.8, 4) is 0 Å². The molecule has 0 spiro atoms. The minimum atomic E-state index is -0.883. The van der Waals surface area contributed by atoms with Crippen LogP contribution in [0.25, 0.3) is 6.08 Å². The van der Waals surface area contributed by atoms with Crippen LogP contribution >= 0.6 is 0 Å². The van der Waals surface area contributed by atoms with E-state index in [2.05, 4.69) is 20.9 Å². The predicted molar refractivity (Wildman–Crippen MR) is 99.9 cm³/mol. The molecule has 1 aliphatic rings. The fourth-order valence-electron chi connectivity index (χ4n) is 2.68. The highest BCUT2D eigenvalue weighted by Crippen LogP contribution is 2.23. The first-order chi connectivity index (χ1) is 12.6. The van der Waals surface area contributed by atoms with Crippen LogP contribution in [-0.2, 0) is 4.79 Å². The molecule has 2 heterocycles. The maximum atomic E-state index is 12.3. The van der Waals surface area contributed by atoms with E-state index in [-0.39, 0.29) is 18.5 Å². The Balaban J connectivity index is 1.60. The molecular formula is C19H20N4O3. The smallest absolute Gasteiger partial charge is 0.303 e. The zero-order valence-corrected chi connectivity index (χ0v) is 14.1. The summed E-state index contributed by atoms with van der Waals surface area (Å²) in [6.07, 6.45) is 5.58. The van der Waals surface area contributed by atoms with E-state index < -0.39 is 5.97 Å². The first kappa shape index (κ1) is 17.5. The van der Waals surface area contributed by atoms with Crippen LogP contribution in [0.1, 0.15) is 28.8 Å². The van der Waals surface area contributed by atoms with Gasteiger partial charge in [-0.25, -0.2) is 4.98 Å². The Labute approximate surface area is 151 Å². The van der Waals surface area contributed by atoms with Crippen molar-refractivity contribution in [3.05, 3.63) is 59.8 Å². The lowest BCUT2D eigenvalue weighted by Crippen LogP contribution is -2.45. The maximum absolute atomic E-state index is 12.3. The Morgan fingerprint density at radius 1 is 1.27 bits per heavy atom. The summed E-state index contributed by atoms with van der Waals surface area (Å²) >= 11 is 0. The first-order valence-corrected chi connectivity index (χ1v) is 8.36. The number of carboxylic acids is 1. The quantitative estimate of drug-likeness (QED) is 0.611. The lowest BCUT2D eigenvalue weighted by Gasteiger charge is -2.27. The molecule has 3 rings (SSSR count). The second-order valence-electron chi connectivity index (χ2n) is 5.91. The van der Waals surface area contributed by atoms with E-state index in [9.17, 15) is 9.59 Å². The molecule has 134 valence electrons. The average Bonchev–Trinajstić information content (AvgIpc) is 2.65. The molecule has 7 nitrogen and oxygen atoms in total. The standard InChI is InChI=1S/C19H20N4O3/c24-18(25)9-8-17-22-15-7-6-13(12-14(15)19(26)23-17)4-3-11-21-16-5-1-2-10-20-16/h1-7,10,12,17,22H,8-9,11H2,(H,20,21)(H,23,26)(H,24,25)/b4-3+. The van der Waals surface area contributed by atoms with Crippen molar-refractivity contribution in [2.75, 3.05) is 17.2 Å². The molecule has 0 fully saturated rings. The topological polar surface area (TPSA) is 103 Å². The summed E-state index contributed by atoms with van der Waals surface area (Å²) in [7, 11) is 0. The van der Waals surface area contributed by atoms with Crippen molar-refractivity contribution in [2.45, 2.75) is 19.0 Å². The highest BCUT2D eigenvalue weighted by molar-refractivity contribution is 6.02. The molecule has 1 unspecified atom stereocenters. The minimum Gasteiger partial charge on any atom is -0.481 e. The van der Waals surface area contributed by atoms with Crippen LogP contribution in [0, 0.1) is 0 Å². The molecular weight excluding hydrogens is 332 g/mol. The van der Waals surface area contributed by atoms with Crippen LogP contribution in [0.4, 0.5) is 11.5 Å². The number of benzene rings is 1. The van der Waals surface area contributed by atoms with Gasteiger partial charge in [-0.1, -0.05) is 24.3 Å². The van der Waals surface area contributed by atoms with Crippen molar-refractivity contribution in [2.24, 2.45) is 0 Å². The van der Waals surface area contributed by atoms with Crippen LogP contribution in [-0.4, -0.2) is 34.7 Å². The Morgan fingerprint density at radius 2 is 2.15 bits per heavy atom. The van der Waals surface area contributed by atoms with Crippen molar-refractivity contribution < 1.29 is 14.7 Å². The van der Waals surface area contributed by atoms with E-state index in [1.54, 1.807) is 6.20 Å². The molecule has 1 aromatic carbocycles. The number of aliphatic carboxylic acids is 1. The molecule has 2 aromatic rings. The van der Waals surface area contributed by atoms with Gasteiger partial charge in [0.1, 0.15) is 5.82 Å². The van der Waals surface area contributed by atoms with Crippen LogP contribution in [0.15, 0.2) is 48.7 Å². The number of nitrogens with one attached hydrogen (secondary N) is 3. The fourth-order valence-corrected chi connectivity index (χ4v) is 2.68. The Kier molecular flexibility index (Phi) is 5.48. The molecule has 1 aliphatic heterocycles. The predicted octanol–water partition coefficient (Wildman–Crippen LogP) is 2.55. The molecule has 0 saturated heterocycles. The number of amides is 1. The van der Waals surface area contributed by atoms with Crippen molar-refractivity contribution in [1.29, 1.82) is 0 Å². The first-order valence-electron chi connectivity index (χ1n) is 8.36. The molecule has 1 aromatic heterocycles. The Hall–Kier alpha value is -3.35. The molecule has 1 atom stereocenters. The minimum absolute atomic E-state index is 0.00261. The van der Waals surface area contributed by atoms with E-state index in [0.717, 1.165) is 11.4 Å². The number of aromatic nitrogens is 1. The molecule has 0 aliphatic carbocycles. The molecule has 26 heavy (non-hydrogen) atoms. The van der Waals surface area contributed by atoms with E-state index in [4.69, 9.17) is 5.11 Å². The lowest BCUT2D eigenvalue weighted by molar-refractivity contribution is -0.137. The Morgan fingerprint density at radius 3 is 2.92 bits per heavy atom. The zero-order valence-electron chi connectivity index (χ0n) is 14.1. The van der Waals surface area contributed by atoms with E-state index in [1.165, 1.54) is 0 Å². The van der Waals surface area contributed by atoms with Crippen LogP contribution in [0.5, 0.6) is 0 Å². The maximum Gasteiger partial charge on any atom is 0.303 e. The number of carbonyl (C=O) groups is 2. The van der Waals surface area contributed by atoms with Gasteiger partial charge in [-0.15, -0.1) is 0 Å². The van der Waals surface area contributed by atoms with Gasteiger partial charge in [-0.3, -0.25) is 9.59 Å². The number of pyridine rings is 1. The van der Waals surface area contributed by atoms with Crippen LogP contribution in [0.3, 0.4) is 0 Å². The normalized spacial score (nSPS) is 15.8. The lowest BCUT2D eigenvalue weighted by atomic mass is 10.0. The third-order valence-electron chi connectivity index (χ3n) is 3.95. The van der Waals surface area contributed by atoms with Gasteiger partial charge in [-0.05, 0) is 36.2 Å². The summed E-state index contributed by atoms with van der Waals surface area (Å²) in [6, 6.07) is 11.2. The number of rotatable bonds is 7. The number of hydrogen-bond acceptors (Lipinski definition) is 5. The van der Waals surface area contributed by atoms with Crippen molar-refractivity contribution in [3.63, 3.8) is 0 Å². The summed E-state index contributed by atoms with van der Waals surface area (Å²) in [5, 5.41) is 17.9. The molecule has 0 saturated carbocycles. The summed E-state index contributed by atoms with van der Waals surface area (Å²) in [5.41, 5.74) is 2.18. The summed E-state index contributed by atoms with van der Waals surface area (Å²) in [4.78, 5) is 27.1. The van der Waals surface area contributed by atoms with Gasteiger partial charge < -0.3 is 21.1 Å². The molecule has 0 radical (unpaired) electrons. The number of nitrogens with zero attached hydrogens (tertiary/aromatic N) is 1. The number of fused-ring (bicyclic) bond motifs is 1. The van der Waals surface area contributed by atoms with Gasteiger partial charge in [0.05, 0.1) is 11.7 Å². The fraction of sp³-hybridized carbons (Fsp3) is 0.211. The summed E-state index contributed by atoms with van der Waals surface area (Å²) < 4.78 is 0. The number of anilines is 2. The summed E-state index contributed by atoms with van der Waals surface area (Å²) in [6.45, 7) is 0.621. The summed E-state index contributed by atoms with van der Waals surface area (Å²) in [5.74, 6) is -0.277. The number of hydrogen-bond donors (Lipinski definition) is 4. The zero-order chi connectivity index (χ0) is 18.4. The van der Waals surface area contributed by atoms with Gasteiger partial charge >= 0.3 is 5.97 Å². The SMILES string of the molecule is O=C(O)CCC1NC(=O)c2cc(/C=C/CNc3ccccn3)ccc2N1. The third kappa shape index (κ3) is 4.60. The van der Waals surface area contributed by atoms with Gasteiger partial charge in [0.2, 0.25) is 0 Å². The Bertz CT molecular complexity index is 821. The highest BCUT2D eigenvalue weighted by Gasteiger charge is 2.23. The number of carbonyl (C=O) groups excluding carboxylic acids is 1. The van der Waals surface area contributed by atoms with Gasteiger partial charge in [0, 0.05) is 24.8 Å². The average molecular weight is 352 g/mol. The van der Waals surface area contributed by atoms with Crippen LogP contribution in [0.2, 0.25) is 0 Å². The highest BCUT2D eigenvalue weighted by atomic mass is 16.4. The van der Waals surface area contributed by atoms with E-state index >= 15 is 0 Å². The van der Waals surface area contributed by atoms with Gasteiger partial charge in [0.15, 0.2) is 0 Å². The molecule has 7 heteroatoms. The van der Waals surface area contributed by atoms with E-state index in [1.807, 2.05) is 48.6 Å². The largest absolute Gasteiger partial charge is 0.481 e. The second kappa shape index (κ2) is 8.15. The van der Waals surface area contributed by atoms with E-state index in [0.29, 0.717) is 24.2 Å².